The molecule has 2 N–H and O–H groups in total. The van der Waals surface area contributed by atoms with E-state index in [-0.39, 0.29) is 0 Å². The highest BCUT2D eigenvalue weighted by atomic mass is 15.5. The fraction of sp³-hybridized carbons (Fsp3) is 0.714. The van der Waals surface area contributed by atoms with E-state index < -0.39 is 0 Å². The Bertz CT molecular complexity index is 162. The molecule has 1 aliphatic heterocycles. The Kier molecular flexibility index (Phi) is 3.44. The summed E-state index contributed by atoms with van der Waals surface area (Å²) in [5.41, 5.74) is 5.53. The molecular formula is C7H14N4. The summed E-state index contributed by atoms with van der Waals surface area (Å²) >= 11 is 0. The van der Waals surface area contributed by atoms with Crippen molar-refractivity contribution >= 4 is 12.2 Å². The van der Waals surface area contributed by atoms with Crippen molar-refractivity contribution in [2.75, 3.05) is 0 Å². The molecule has 4 nitrogen and oxygen atoms in total. The van der Waals surface area contributed by atoms with E-state index in [9.17, 15) is 0 Å². The lowest BCUT2D eigenvalue weighted by atomic mass is 10.2. The molecule has 0 fully saturated rings. The second-order valence-corrected chi connectivity index (χ2v) is 2.51. The van der Waals surface area contributed by atoms with Gasteiger partial charge in [0, 0.05) is 6.42 Å². The van der Waals surface area contributed by atoms with Crippen LogP contribution in [0, 0.1) is 0 Å². The molecule has 1 heterocycles. The summed E-state index contributed by atoms with van der Waals surface area (Å²) in [4.78, 5) is 0. The lowest BCUT2D eigenvalue weighted by Gasteiger charge is -2.07. The van der Waals surface area contributed by atoms with Crippen molar-refractivity contribution in [2.45, 2.75) is 32.6 Å². The maximum absolute atomic E-state index is 4.01. The molecule has 0 amide bonds. The summed E-state index contributed by atoms with van der Waals surface area (Å²) in [5.74, 6) is 0.931. The molecule has 1 rings (SSSR count). The summed E-state index contributed by atoms with van der Waals surface area (Å²) in [6.45, 7) is 2.19. The van der Waals surface area contributed by atoms with E-state index in [4.69, 9.17) is 0 Å². The lowest BCUT2D eigenvalue weighted by molar-refractivity contribution is 0.722. The number of rotatable bonds is 4. The number of hydrazone groups is 2. The van der Waals surface area contributed by atoms with Crippen molar-refractivity contribution in [1.82, 2.24) is 10.9 Å². The minimum atomic E-state index is 0.931. The van der Waals surface area contributed by atoms with Gasteiger partial charge in [-0.15, -0.1) is 0 Å². The second-order valence-electron chi connectivity index (χ2n) is 2.51. The third-order valence-electron chi connectivity index (χ3n) is 1.53. The van der Waals surface area contributed by atoms with Crippen LogP contribution in [-0.4, -0.2) is 12.2 Å². The molecule has 0 aromatic heterocycles. The van der Waals surface area contributed by atoms with Crippen LogP contribution in [0.3, 0.4) is 0 Å². The van der Waals surface area contributed by atoms with Crippen LogP contribution >= 0.6 is 0 Å². The summed E-state index contributed by atoms with van der Waals surface area (Å²) < 4.78 is 0. The van der Waals surface area contributed by atoms with Gasteiger partial charge in [-0.05, 0) is 6.42 Å². The van der Waals surface area contributed by atoms with Gasteiger partial charge in [0.25, 0.3) is 0 Å². The predicted molar refractivity (Wildman–Crippen MR) is 46.3 cm³/mol. The fourth-order valence-electron chi connectivity index (χ4n) is 0.922. The Morgan fingerprint density at radius 2 is 2.36 bits per heavy atom. The highest BCUT2D eigenvalue weighted by Gasteiger charge is 1.98. The van der Waals surface area contributed by atoms with Gasteiger partial charge in [0.2, 0.25) is 0 Å². The Balaban J connectivity index is 2.11. The minimum absolute atomic E-state index is 0.931. The van der Waals surface area contributed by atoms with Crippen LogP contribution in [-0.2, 0) is 0 Å². The van der Waals surface area contributed by atoms with E-state index in [2.05, 4.69) is 28.0 Å². The summed E-state index contributed by atoms with van der Waals surface area (Å²) in [5, 5.41) is 7.83. The van der Waals surface area contributed by atoms with Gasteiger partial charge in [-0.2, -0.15) is 10.2 Å². The van der Waals surface area contributed by atoms with Crippen molar-refractivity contribution < 1.29 is 0 Å². The quantitative estimate of drug-likeness (QED) is 0.594. The van der Waals surface area contributed by atoms with Crippen LogP contribution in [0.4, 0.5) is 0 Å². The van der Waals surface area contributed by atoms with Gasteiger partial charge in [-0.3, -0.25) is 10.9 Å². The van der Waals surface area contributed by atoms with Crippen molar-refractivity contribution in [2.24, 2.45) is 10.2 Å². The summed E-state index contributed by atoms with van der Waals surface area (Å²) in [6, 6.07) is 0. The van der Waals surface area contributed by atoms with Gasteiger partial charge in [-0.1, -0.05) is 19.8 Å². The molecule has 0 spiro atoms. The van der Waals surface area contributed by atoms with E-state index in [1.165, 1.54) is 25.6 Å². The van der Waals surface area contributed by atoms with Gasteiger partial charge in [0.15, 0.2) is 0 Å². The first-order valence-corrected chi connectivity index (χ1v) is 4.03. The summed E-state index contributed by atoms with van der Waals surface area (Å²) in [7, 11) is 0. The standard InChI is InChI=1S/C7H14N4/c1-2-3-4-5-7-10-8-6-9-11-7/h6H,2-5H2,1H3,(H,8,9)(H,10,11). The van der Waals surface area contributed by atoms with Crippen molar-refractivity contribution in [1.29, 1.82) is 0 Å². The smallest absolute Gasteiger partial charge is 0.142 e. The number of amidine groups is 1. The average molecular weight is 154 g/mol. The molecule has 0 aromatic carbocycles. The van der Waals surface area contributed by atoms with E-state index in [1.54, 1.807) is 0 Å². The molecule has 0 aromatic rings. The van der Waals surface area contributed by atoms with Gasteiger partial charge in [0.05, 0.1) is 0 Å². The number of hydrogen-bond donors (Lipinski definition) is 2. The Hall–Kier alpha value is -1.06. The first-order chi connectivity index (χ1) is 5.43. The topological polar surface area (TPSA) is 48.8 Å². The lowest BCUT2D eigenvalue weighted by Crippen LogP contribution is -2.26. The molecule has 0 unspecified atom stereocenters. The monoisotopic (exact) mass is 154 g/mol. The van der Waals surface area contributed by atoms with Crippen LogP contribution in [0.1, 0.15) is 32.6 Å². The molecule has 11 heavy (non-hydrogen) atoms. The molecule has 1 aliphatic rings. The molecular weight excluding hydrogens is 140 g/mol. The molecule has 0 bridgehead atoms. The number of hydrogen-bond acceptors (Lipinski definition) is 4. The third-order valence-corrected chi connectivity index (χ3v) is 1.53. The van der Waals surface area contributed by atoms with Crippen LogP contribution in [0.2, 0.25) is 0 Å². The molecule has 0 saturated carbocycles. The average Bonchev–Trinajstić information content (AvgIpc) is 2.07. The Labute approximate surface area is 66.8 Å². The van der Waals surface area contributed by atoms with E-state index in [0.717, 1.165) is 12.3 Å². The zero-order valence-electron chi connectivity index (χ0n) is 6.80. The first-order valence-electron chi connectivity index (χ1n) is 4.03. The number of nitrogens with one attached hydrogen (secondary N) is 2. The van der Waals surface area contributed by atoms with Crippen LogP contribution in [0.5, 0.6) is 0 Å². The highest BCUT2D eigenvalue weighted by Crippen LogP contribution is 1.99. The van der Waals surface area contributed by atoms with Crippen LogP contribution in [0.25, 0.3) is 0 Å². The van der Waals surface area contributed by atoms with Crippen molar-refractivity contribution in [3.63, 3.8) is 0 Å². The number of unbranched alkanes of at least 4 members (excludes halogenated alkanes) is 2. The number of nitrogens with zero attached hydrogens (tertiary/aromatic N) is 2. The zero-order valence-corrected chi connectivity index (χ0v) is 6.80. The SMILES string of the molecule is CCCCCC1=NNC=NN1. The molecule has 4 heteroatoms. The van der Waals surface area contributed by atoms with Gasteiger partial charge >= 0.3 is 0 Å². The Morgan fingerprint density at radius 1 is 1.45 bits per heavy atom. The fourth-order valence-corrected chi connectivity index (χ4v) is 0.922. The molecule has 62 valence electrons. The maximum atomic E-state index is 4.01. The van der Waals surface area contributed by atoms with Gasteiger partial charge in [0.1, 0.15) is 12.2 Å². The minimum Gasteiger partial charge on any atom is -0.264 e. The van der Waals surface area contributed by atoms with Crippen LogP contribution in [0.15, 0.2) is 10.2 Å². The third kappa shape index (κ3) is 3.02. The largest absolute Gasteiger partial charge is 0.264 e. The van der Waals surface area contributed by atoms with Crippen molar-refractivity contribution in [3.8, 4) is 0 Å². The Morgan fingerprint density at radius 3 is 3.00 bits per heavy atom. The van der Waals surface area contributed by atoms with E-state index in [0.29, 0.717) is 0 Å². The molecule has 0 saturated heterocycles. The second kappa shape index (κ2) is 4.71. The van der Waals surface area contributed by atoms with Crippen LogP contribution < -0.4 is 10.9 Å². The predicted octanol–water partition coefficient (Wildman–Crippen LogP) is 1.02. The first kappa shape index (κ1) is 8.04. The maximum Gasteiger partial charge on any atom is 0.142 e. The van der Waals surface area contributed by atoms with Gasteiger partial charge < -0.3 is 0 Å². The normalized spacial score (nSPS) is 15.2. The van der Waals surface area contributed by atoms with Gasteiger partial charge in [-0.25, -0.2) is 0 Å². The van der Waals surface area contributed by atoms with E-state index >= 15 is 0 Å². The summed E-state index contributed by atoms with van der Waals surface area (Å²) in [6.07, 6.45) is 6.19. The van der Waals surface area contributed by atoms with Crippen molar-refractivity contribution in [3.05, 3.63) is 0 Å². The van der Waals surface area contributed by atoms with E-state index in [1.807, 2.05) is 0 Å². The molecule has 0 aliphatic carbocycles. The highest BCUT2D eigenvalue weighted by molar-refractivity contribution is 5.84. The molecule has 0 radical (unpaired) electrons. The molecule has 0 atom stereocenters. The zero-order chi connectivity index (χ0) is 7.94.